The van der Waals surface area contributed by atoms with Gasteiger partial charge in [0, 0.05) is 22.6 Å². The van der Waals surface area contributed by atoms with Gasteiger partial charge in [0.05, 0.1) is 0 Å². The first-order chi connectivity index (χ1) is 8.11. The molecule has 0 bridgehead atoms. The van der Waals surface area contributed by atoms with Crippen molar-refractivity contribution in [3.63, 3.8) is 0 Å². The Labute approximate surface area is 110 Å². The van der Waals surface area contributed by atoms with Gasteiger partial charge in [0.2, 0.25) is 0 Å². The third-order valence-electron chi connectivity index (χ3n) is 3.61. The van der Waals surface area contributed by atoms with E-state index in [9.17, 15) is 4.39 Å². The van der Waals surface area contributed by atoms with Gasteiger partial charge >= 0.3 is 0 Å². The maximum absolute atomic E-state index is 13.8. The second-order valence-electron chi connectivity index (χ2n) is 4.73. The van der Waals surface area contributed by atoms with E-state index in [1.54, 1.807) is 6.07 Å². The highest BCUT2D eigenvalue weighted by Gasteiger charge is 2.27. The zero-order valence-electron chi connectivity index (χ0n) is 10.00. The maximum Gasteiger partial charge on any atom is 0.128 e. The monoisotopic (exact) mass is 300 g/mol. The zero-order valence-corrected chi connectivity index (χ0v) is 11.6. The number of nitrogens with two attached hydrogens (primary N) is 1. The minimum atomic E-state index is -0.128. The largest absolute Gasteiger partial charge is 0.330 e. The molecule has 4 heteroatoms. The van der Waals surface area contributed by atoms with E-state index in [2.05, 4.69) is 27.8 Å². The van der Waals surface area contributed by atoms with Crippen LogP contribution in [0.3, 0.4) is 0 Å². The number of rotatable bonds is 3. The standard InChI is InChI=1S/C13H18BrFN2/c1-9(17-5-4-10(7-16)8-17)12-6-11(14)2-3-13(12)15/h2-3,6,9-10H,4-5,7-8,16H2,1H3. The zero-order chi connectivity index (χ0) is 12.4. The number of halogens is 2. The summed E-state index contributed by atoms with van der Waals surface area (Å²) >= 11 is 3.39. The molecule has 1 aromatic carbocycles. The molecule has 0 saturated carbocycles. The Hall–Kier alpha value is -0.450. The van der Waals surface area contributed by atoms with Crippen molar-refractivity contribution in [1.29, 1.82) is 0 Å². The summed E-state index contributed by atoms with van der Waals surface area (Å²) in [6.45, 7) is 4.77. The molecule has 1 saturated heterocycles. The van der Waals surface area contributed by atoms with Crippen LogP contribution in [0, 0.1) is 11.7 Å². The van der Waals surface area contributed by atoms with Crippen molar-refractivity contribution < 1.29 is 4.39 Å². The van der Waals surface area contributed by atoms with E-state index in [0.717, 1.165) is 36.1 Å². The maximum atomic E-state index is 13.8. The Morgan fingerprint density at radius 1 is 1.59 bits per heavy atom. The molecule has 1 heterocycles. The second-order valence-corrected chi connectivity index (χ2v) is 5.64. The molecular weight excluding hydrogens is 283 g/mol. The van der Waals surface area contributed by atoms with Gasteiger partial charge in [0.1, 0.15) is 5.82 Å². The van der Waals surface area contributed by atoms with Gasteiger partial charge in [-0.1, -0.05) is 15.9 Å². The third kappa shape index (κ3) is 2.87. The lowest BCUT2D eigenvalue weighted by molar-refractivity contribution is 0.248. The first-order valence-corrected chi connectivity index (χ1v) is 6.80. The number of benzene rings is 1. The second kappa shape index (κ2) is 5.46. The van der Waals surface area contributed by atoms with Gasteiger partial charge in [0.15, 0.2) is 0 Å². The van der Waals surface area contributed by atoms with E-state index in [0.29, 0.717) is 5.92 Å². The van der Waals surface area contributed by atoms with Crippen molar-refractivity contribution in [3.05, 3.63) is 34.1 Å². The summed E-state index contributed by atoms with van der Waals surface area (Å²) in [4.78, 5) is 2.31. The summed E-state index contributed by atoms with van der Waals surface area (Å²) in [5, 5.41) is 0. The summed E-state index contributed by atoms with van der Waals surface area (Å²) < 4.78 is 14.7. The van der Waals surface area contributed by atoms with Gasteiger partial charge in [0.25, 0.3) is 0 Å². The summed E-state index contributed by atoms with van der Waals surface area (Å²) in [6.07, 6.45) is 1.12. The lowest BCUT2D eigenvalue weighted by Gasteiger charge is -2.25. The Balaban J connectivity index is 2.14. The van der Waals surface area contributed by atoms with E-state index in [1.807, 2.05) is 6.07 Å². The van der Waals surface area contributed by atoms with Crippen LogP contribution < -0.4 is 5.73 Å². The lowest BCUT2D eigenvalue weighted by atomic mass is 10.1. The smallest absolute Gasteiger partial charge is 0.128 e. The Bertz CT molecular complexity index is 397. The third-order valence-corrected chi connectivity index (χ3v) is 4.10. The van der Waals surface area contributed by atoms with Crippen LogP contribution in [0.4, 0.5) is 4.39 Å². The van der Waals surface area contributed by atoms with Crippen molar-refractivity contribution in [1.82, 2.24) is 4.90 Å². The Morgan fingerprint density at radius 3 is 3.00 bits per heavy atom. The molecule has 1 aliphatic rings. The van der Waals surface area contributed by atoms with Crippen molar-refractivity contribution in [2.75, 3.05) is 19.6 Å². The first kappa shape index (κ1) is 13.0. The fraction of sp³-hybridized carbons (Fsp3) is 0.538. The molecule has 2 rings (SSSR count). The predicted octanol–water partition coefficient (Wildman–Crippen LogP) is 2.93. The van der Waals surface area contributed by atoms with Gasteiger partial charge in [-0.15, -0.1) is 0 Å². The normalized spacial score (nSPS) is 22.9. The summed E-state index contributed by atoms with van der Waals surface area (Å²) in [5.74, 6) is 0.435. The number of hydrogen-bond acceptors (Lipinski definition) is 2. The minimum absolute atomic E-state index is 0.115. The van der Waals surface area contributed by atoms with Crippen LogP contribution in [0.2, 0.25) is 0 Å². The van der Waals surface area contributed by atoms with Crippen LogP contribution in [0.15, 0.2) is 22.7 Å². The van der Waals surface area contributed by atoms with E-state index >= 15 is 0 Å². The molecule has 1 aliphatic heterocycles. The predicted molar refractivity (Wildman–Crippen MR) is 71.2 cm³/mol. The van der Waals surface area contributed by atoms with Crippen molar-refractivity contribution in [2.45, 2.75) is 19.4 Å². The fourth-order valence-electron chi connectivity index (χ4n) is 2.44. The lowest BCUT2D eigenvalue weighted by Crippen LogP contribution is -2.26. The molecule has 94 valence electrons. The van der Waals surface area contributed by atoms with Gasteiger partial charge in [-0.3, -0.25) is 4.90 Å². The van der Waals surface area contributed by atoms with E-state index in [1.165, 1.54) is 6.07 Å². The van der Waals surface area contributed by atoms with Crippen molar-refractivity contribution >= 4 is 15.9 Å². The first-order valence-electron chi connectivity index (χ1n) is 6.01. The average Bonchev–Trinajstić information content (AvgIpc) is 2.80. The fourth-order valence-corrected chi connectivity index (χ4v) is 2.82. The van der Waals surface area contributed by atoms with Gasteiger partial charge in [-0.2, -0.15) is 0 Å². The van der Waals surface area contributed by atoms with Crippen molar-refractivity contribution in [2.24, 2.45) is 11.7 Å². The number of likely N-dealkylation sites (tertiary alicyclic amines) is 1. The molecule has 0 radical (unpaired) electrons. The van der Waals surface area contributed by atoms with Crippen LogP contribution >= 0.6 is 15.9 Å². The number of hydrogen-bond donors (Lipinski definition) is 1. The molecule has 0 aliphatic carbocycles. The van der Waals surface area contributed by atoms with Crippen LogP contribution in [0.25, 0.3) is 0 Å². The highest BCUT2D eigenvalue weighted by Crippen LogP contribution is 2.30. The van der Waals surface area contributed by atoms with E-state index in [4.69, 9.17) is 5.73 Å². The molecule has 2 unspecified atom stereocenters. The average molecular weight is 301 g/mol. The van der Waals surface area contributed by atoms with Crippen LogP contribution in [0.5, 0.6) is 0 Å². The van der Waals surface area contributed by atoms with Crippen LogP contribution in [-0.2, 0) is 0 Å². The molecule has 0 amide bonds. The van der Waals surface area contributed by atoms with E-state index < -0.39 is 0 Å². The van der Waals surface area contributed by atoms with Gasteiger partial charge in [-0.25, -0.2) is 4.39 Å². The molecule has 2 nitrogen and oxygen atoms in total. The Morgan fingerprint density at radius 2 is 2.35 bits per heavy atom. The van der Waals surface area contributed by atoms with Crippen molar-refractivity contribution in [3.8, 4) is 0 Å². The SMILES string of the molecule is CC(c1cc(Br)ccc1F)N1CCC(CN)C1. The molecule has 1 aromatic rings. The topological polar surface area (TPSA) is 29.3 Å². The van der Waals surface area contributed by atoms with E-state index in [-0.39, 0.29) is 11.9 Å². The number of nitrogens with zero attached hydrogens (tertiary/aromatic N) is 1. The highest BCUT2D eigenvalue weighted by molar-refractivity contribution is 9.10. The molecule has 0 aromatic heterocycles. The van der Waals surface area contributed by atoms with Crippen LogP contribution in [0.1, 0.15) is 24.9 Å². The minimum Gasteiger partial charge on any atom is -0.330 e. The molecule has 1 fully saturated rings. The summed E-state index contributed by atoms with van der Waals surface area (Å²) in [6, 6.07) is 5.24. The Kier molecular flexibility index (Phi) is 4.17. The molecule has 17 heavy (non-hydrogen) atoms. The summed E-state index contributed by atoms with van der Waals surface area (Å²) in [5.41, 5.74) is 6.44. The quantitative estimate of drug-likeness (QED) is 0.930. The molecule has 0 spiro atoms. The van der Waals surface area contributed by atoms with Crippen LogP contribution in [-0.4, -0.2) is 24.5 Å². The molecular formula is C13H18BrFN2. The summed E-state index contributed by atoms with van der Waals surface area (Å²) in [7, 11) is 0. The van der Waals surface area contributed by atoms with Gasteiger partial charge < -0.3 is 5.73 Å². The highest BCUT2D eigenvalue weighted by atomic mass is 79.9. The molecule has 2 N–H and O–H groups in total. The van der Waals surface area contributed by atoms with Gasteiger partial charge in [-0.05, 0) is 50.6 Å². The molecule has 2 atom stereocenters.